The van der Waals surface area contributed by atoms with Gasteiger partial charge in [-0.3, -0.25) is 4.79 Å². The number of amides is 1. The maximum Gasteiger partial charge on any atom is 0.289 e. The summed E-state index contributed by atoms with van der Waals surface area (Å²) in [6.45, 7) is 0.765. The van der Waals surface area contributed by atoms with Gasteiger partial charge < -0.3 is 14.8 Å². The van der Waals surface area contributed by atoms with Crippen molar-refractivity contribution >= 4 is 11.6 Å². The Kier molecular flexibility index (Phi) is 2.60. The molecule has 1 fully saturated rings. The molecule has 2 aliphatic rings. The van der Waals surface area contributed by atoms with Crippen molar-refractivity contribution in [2.75, 3.05) is 18.5 Å². The van der Waals surface area contributed by atoms with Gasteiger partial charge in [0.1, 0.15) is 5.82 Å². The number of hydrogen-bond acceptors (Lipinski definition) is 3. The second-order valence-corrected chi connectivity index (χ2v) is 5.03. The van der Waals surface area contributed by atoms with E-state index in [0.29, 0.717) is 24.5 Å². The van der Waals surface area contributed by atoms with Crippen LogP contribution in [0.2, 0.25) is 0 Å². The van der Waals surface area contributed by atoms with E-state index in [2.05, 4.69) is 5.32 Å². The predicted octanol–water partition coefficient (Wildman–Crippen LogP) is 2.64. The van der Waals surface area contributed by atoms with E-state index < -0.39 is 5.79 Å². The number of hydrogen-bond donors (Lipinski definition) is 1. The molecule has 1 N–H and O–H groups in total. The van der Waals surface area contributed by atoms with Gasteiger partial charge in [-0.15, -0.1) is 0 Å². The third kappa shape index (κ3) is 1.78. The highest BCUT2D eigenvalue weighted by molar-refractivity contribution is 6.04. The average Bonchev–Trinajstić information content (AvgIpc) is 3.08. The molecule has 5 heteroatoms. The lowest BCUT2D eigenvalue weighted by molar-refractivity contribution is -0.178. The van der Waals surface area contributed by atoms with E-state index in [0.717, 1.165) is 11.1 Å². The molecule has 2 heterocycles. The Bertz CT molecular complexity index is 721. The van der Waals surface area contributed by atoms with Crippen LogP contribution in [0.1, 0.15) is 5.56 Å². The SMILES string of the molecule is O=C1Nc2ccc(-c3ccc(F)cc3)cc2C12OCCO2. The Labute approximate surface area is 120 Å². The molecule has 106 valence electrons. The predicted molar refractivity (Wildman–Crippen MR) is 74.0 cm³/mol. The van der Waals surface area contributed by atoms with Crippen molar-refractivity contribution in [1.29, 1.82) is 0 Å². The fourth-order valence-electron chi connectivity index (χ4n) is 2.77. The third-order valence-electron chi connectivity index (χ3n) is 3.79. The maximum absolute atomic E-state index is 13.0. The van der Waals surface area contributed by atoms with Crippen molar-refractivity contribution < 1.29 is 18.7 Å². The molecule has 0 atom stereocenters. The zero-order valence-electron chi connectivity index (χ0n) is 11.1. The number of anilines is 1. The second kappa shape index (κ2) is 4.38. The molecular formula is C16H12FNO3. The van der Waals surface area contributed by atoms with E-state index in [1.807, 2.05) is 18.2 Å². The van der Waals surface area contributed by atoms with E-state index >= 15 is 0 Å². The van der Waals surface area contributed by atoms with E-state index in [1.54, 1.807) is 12.1 Å². The Morgan fingerprint density at radius 3 is 2.38 bits per heavy atom. The molecule has 1 spiro atoms. The summed E-state index contributed by atoms with van der Waals surface area (Å²) >= 11 is 0. The van der Waals surface area contributed by atoms with Gasteiger partial charge in [0.15, 0.2) is 0 Å². The van der Waals surface area contributed by atoms with E-state index in [-0.39, 0.29) is 11.7 Å². The lowest BCUT2D eigenvalue weighted by atomic mass is 9.99. The van der Waals surface area contributed by atoms with Crippen molar-refractivity contribution in [3.8, 4) is 11.1 Å². The molecule has 1 saturated heterocycles. The van der Waals surface area contributed by atoms with Gasteiger partial charge in [0.25, 0.3) is 11.7 Å². The normalized spacial score (nSPS) is 18.8. The molecule has 0 aromatic heterocycles. The second-order valence-electron chi connectivity index (χ2n) is 5.03. The first-order valence-corrected chi connectivity index (χ1v) is 6.69. The van der Waals surface area contributed by atoms with E-state index in [4.69, 9.17) is 9.47 Å². The topological polar surface area (TPSA) is 47.6 Å². The van der Waals surface area contributed by atoms with E-state index in [1.165, 1.54) is 12.1 Å². The first-order valence-electron chi connectivity index (χ1n) is 6.69. The highest BCUT2D eigenvalue weighted by atomic mass is 19.1. The van der Waals surface area contributed by atoms with Crippen LogP contribution in [0, 0.1) is 5.82 Å². The fraction of sp³-hybridized carbons (Fsp3) is 0.188. The summed E-state index contributed by atoms with van der Waals surface area (Å²) < 4.78 is 24.1. The minimum atomic E-state index is -1.33. The van der Waals surface area contributed by atoms with Gasteiger partial charge in [-0.2, -0.15) is 0 Å². The molecule has 21 heavy (non-hydrogen) atoms. The first kappa shape index (κ1) is 12.5. The molecular weight excluding hydrogens is 273 g/mol. The first-order chi connectivity index (χ1) is 10.2. The summed E-state index contributed by atoms with van der Waals surface area (Å²) in [5.74, 6) is -1.91. The summed E-state index contributed by atoms with van der Waals surface area (Å²) in [6, 6.07) is 11.8. The number of ether oxygens (including phenoxy) is 2. The van der Waals surface area contributed by atoms with Gasteiger partial charge in [-0.25, -0.2) is 4.39 Å². The highest BCUT2D eigenvalue weighted by Crippen LogP contribution is 2.43. The number of carbonyl (C=O) groups excluding carboxylic acids is 1. The van der Waals surface area contributed by atoms with Crippen LogP contribution in [-0.2, 0) is 20.1 Å². The molecule has 0 aliphatic carbocycles. The summed E-state index contributed by atoms with van der Waals surface area (Å²) in [6.07, 6.45) is 0. The zero-order valence-corrected chi connectivity index (χ0v) is 11.1. The number of benzene rings is 2. The van der Waals surface area contributed by atoms with Crippen LogP contribution in [0.4, 0.5) is 10.1 Å². The highest BCUT2D eigenvalue weighted by Gasteiger charge is 2.52. The number of nitrogens with one attached hydrogen (secondary N) is 1. The molecule has 0 unspecified atom stereocenters. The summed E-state index contributed by atoms with van der Waals surface area (Å²) in [4.78, 5) is 12.1. The average molecular weight is 285 g/mol. The molecule has 2 aliphatic heterocycles. The van der Waals surface area contributed by atoms with Crippen LogP contribution < -0.4 is 5.32 Å². The van der Waals surface area contributed by atoms with Crippen LogP contribution in [0.15, 0.2) is 42.5 Å². The van der Waals surface area contributed by atoms with E-state index in [9.17, 15) is 9.18 Å². The smallest absolute Gasteiger partial charge is 0.289 e. The van der Waals surface area contributed by atoms with Crippen molar-refractivity contribution in [3.05, 3.63) is 53.8 Å². The molecule has 0 bridgehead atoms. The Hall–Kier alpha value is -2.24. The summed E-state index contributed by atoms with van der Waals surface area (Å²) in [5.41, 5.74) is 3.11. The molecule has 0 saturated carbocycles. The van der Waals surface area contributed by atoms with Gasteiger partial charge in [-0.05, 0) is 35.4 Å². The molecule has 2 aromatic carbocycles. The van der Waals surface area contributed by atoms with Gasteiger partial charge in [0, 0.05) is 5.56 Å². The Morgan fingerprint density at radius 2 is 1.67 bits per heavy atom. The number of rotatable bonds is 1. The molecule has 4 rings (SSSR count). The van der Waals surface area contributed by atoms with Gasteiger partial charge in [-0.1, -0.05) is 18.2 Å². The van der Waals surface area contributed by atoms with Crippen molar-refractivity contribution in [1.82, 2.24) is 0 Å². The summed E-state index contributed by atoms with van der Waals surface area (Å²) in [5, 5.41) is 2.77. The van der Waals surface area contributed by atoms with Crippen molar-refractivity contribution in [2.24, 2.45) is 0 Å². The number of carbonyl (C=O) groups is 1. The van der Waals surface area contributed by atoms with Crippen molar-refractivity contribution in [3.63, 3.8) is 0 Å². The maximum atomic E-state index is 13.0. The zero-order chi connectivity index (χ0) is 14.4. The summed E-state index contributed by atoms with van der Waals surface area (Å²) in [7, 11) is 0. The lowest BCUT2D eigenvalue weighted by Gasteiger charge is -2.19. The van der Waals surface area contributed by atoms with Crippen LogP contribution >= 0.6 is 0 Å². The monoisotopic (exact) mass is 285 g/mol. The van der Waals surface area contributed by atoms with Crippen LogP contribution in [0.25, 0.3) is 11.1 Å². The molecule has 2 aromatic rings. The van der Waals surface area contributed by atoms with Gasteiger partial charge >= 0.3 is 0 Å². The Balaban J connectivity index is 1.83. The third-order valence-corrected chi connectivity index (χ3v) is 3.79. The standard InChI is InChI=1S/C16H12FNO3/c17-12-4-1-10(2-5-12)11-3-6-14-13(9-11)16(15(19)18-14)20-7-8-21-16/h1-6,9H,7-8H2,(H,18,19). The van der Waals surface area contributed by atoms with Gasteiger partial charge in [0.05, 0.1) is 18.9 Å². The van der Waals surface area contributed by atoms with Crippen molar-refractivity contribution in [2.45, 2.75) is 5.79 Å². The molecule has 4 nitrogen and oxygen atoms in total. The minimum absolute atomic E-state index is 0.282. The fourth-order valence-corrected chi connectivity index (χ4v) is 2.77. The molecule has 1 amide bonds. The van der Waals surface area contributed by atoms with Crippen LogP contribution in [-0.4, -0.2) is 19.1 Å². The largest absolute Gasteiger partial charge is 0.336 e. The minimum Gasteiger partial charge on any atom is -0.336 e. The van der Waals surface area contributed by atoms with Gasteiger partial charge in [0.2, 0.25) is 0 Å². The lowest BCUT2D eigenvalue weighted by Crippen LogP contribution is -2.35. The number of halogens is 1. The number of fused-ring (bicyclic) bond motifs is 2. The van der Waals surface area contributed by atoms with Crippen LogP contribution in [0.3, 0.4) is 0 Å². The van der Waals surface area contributed by atoms with Crippen LogP contribution in [0.5, 0.6) is 0 Å². The molecule has 0 radical (unpaired) electrons. The Morgan fingerprint density at radius 1 is 1.00 bits per heavy atom. The quantitative estimate of drug-likeness (QED) is 0.876.